The van der Waals surface area contributed by atoms with E-state index in [-0.39, 0.29) is 18.0 Å². The lowest BCUT2D eigenvalue weighted by Crippen LogP contribution is -2.36. The van der Waals surface area contributed by atoms with E-state index in [1.807, 2.05) is 0 Å². The average molecular weight is 230 g/mol. The third-order valence-electron chi connectivity index (χ3n) is 2.03. The number of benzene rings is 1. The molecule has 0 aromatic heterocycles. The van der Waals surface area contributed by atoms with Gasteiger partial charge in [0, 0.05) is 0 Å². The second-order valence-electron chi connectivity index (χ2n) is 3.04. The summed E-state index contributed by atoms with van der Waals surface area (Å²) in [6.07, 6.45) is -1.04. The Labute approximate surface area is 90.3 Å². The van der Waals surface area contributed by atoms with Crippen LogP contribution in [0.5, 0.6) is 11.5 Å². The Bertz CT molecular complexity index is 421. The first-order valence-electron chi connectivity index (χ1n) is 4.20. The van der Waals surface area contributed by atoms with Crippen molar-refractivity contribution < 1.29 is 19.4 Å². The van der Waals surface area contributed by atoms with E-state index < -0.39 is 12.1 Å². The molecule has 1 aliphatic rings. The van der Waals surface area contributed by atoms with E-state index >= 15 is 0 Å². The summed E-state index contributed by atoms with van der Waals surface area (Å²) in [7, 11) is 0. The van der Waals surface area contributed by atoms with Crippen LogP contribution in [0.1, 0.15) is 0 Å². The largest absolute Gasteiger partial charge is 0.485 e. The lowest BCUT2D eigenvalue weighted by molar-refractivity contribution is -0.147. The zero-order valence-corrected chi connectivity index (χ0v) is 8.32. The van der Waals surface area contributed by atoms with Crippen molar-refractivity contribution in [1.29, 1.82) is 0 Å². The molecule has 1 aliphatic heterocycles. The van der Waals surface area contributed by atoms with Crippen molar-refractivity contribution in [2.45, 2.75) is 6.10 Å². The molecule has 1 atom stereocenters. The quantitative estimate of drug-likeness (QED) is 0.706. The summed E-state index contributed by atoms with van der Waals surface area (Å²) >= 11 is 5.76. The topological polar surface area (TPSA) is 81.8 Å². The minimum absolute atomic E-state index is 0.0383. The van der Waals surface area contributed by atoms with Crippen LogP contribution in [-0.4, -0.2) is 23.8 Å². The van der Waals surface area contributed by atoms with Crippen molar-refractivity contribution in [3.63, 3.8) is 0 Å². The normalized spacial score (nSPS) is 18.6. The fourth-order valence-corrected chi connectivity index (χ4v) is 1.40. The number of anilines is 1. The zero-order valence-electron chi connectivity index (χ0n) is 7.57. The van der Waals surface area contributed by atoms with Gasteiger partial charge < -0.3 is 20.3 Å². The third kappa shape index (κ3) is 1.66. The fraction of sp³-hybridized carbons (Fsp3) is 0.222. The van der Waals surface area contributed by atoms with Crippen molar-refractivity contribution in [2.24, 2.45) is 0 Å². The van der Waals surface area contributed by atoms with Crippen molar-refractivity contribution in [2.75, 3.05) is 12.3 Å². The molecule has 0 aliphatic carbocycles. The zero-order chi connectivity index (χ0) is 11.0. The maximum Gasteiger partial charge on any atom is 0.348 e. The van der Waals surface area contributed by atoms with E-state index in [0.29, 0.717) is 10.8 Å². The lowest BCUT2D eigenvalue weighted by atomic mass is 10.2. The van der Waals surface area contributed by atoms with Gasteiger partial charge in [-0.15, -0.1) is 0 Å². The molecular formula is C9H8ClNO4. The van der Waals surface area contributed by atoms with Crippen molar-refractivity contribution in [1.82, 2.24) is 0 Å². The Morgan fingerprint density at radius 3 is 3.00 bits per heavy atom. The van der Waals surface area contributed by atoms with Crippen molar-refractivity contribution in [3.8, 4) is 11.5 Å². The predicted octanol–water partition coefficient (Wildman–Crippen LogP) is 1.15. The van der Waals surface area contributed by atoms with E-state index in [2.05, 4.69) is 0 Å². The van der Waals surface area contributed by atoms with Gasteiger partial charge in [-0.05, 0) is 12.1 Å². The molecule has 1 aromatic rings. The summed E-state index contributed by atoms with van der Waals surface area (Å²) in [5.41, 5.74) is 5.83. The smallest absolute Gasteiger partial charge is 0.348 e. The fourth-order valence-electron chi connectivity index (χ4n) is 1.25. The molecule has 0 bridgehead atoms. The molecule has 1 unspecified atom stereocenters. The van der Waals surface area contributed by atoms with E-state index in [4.69, 9.17) is 31.9 Å². The molecule has 0 radical (unpaired) electrons. The standard InChI is InChI=1S/C9H8ClNO4/c10-4-1-2-5-8(7(4)11)15-6(3-14-5)9(12)13/h1-2,6H,3,11H2,(H,12,13). The van der Waals surface area contributed by atoms with Gasteiger partial charge in [0.2, 0.25) is 6.10 Å². The van der Waals surface area contributed by atoms with Crippen LogP contribution in [0, 0.1) is 0 Å². The molecule has 0 saturated heterocycles. The molecule has 15 heavy (non-hydrogen) atoms. The Balaban J connectivity index is 2.39. The Morgan fingerprint density at radius 1 is 1.60 bits per heavy atom. The van der Waals surface area contributed by atoms with Gasteiger partial charge in [0.05, 0.1) is 10.7 Å². The number of hydrogen-bond acceptors (Lipinski definition) is 4. The number of carboxylic acid groups (broad SMARTS) is 1. The Hall–Kier alpha value is -1.62. The minimum atomic E-state index is -1.10. The molecule has 5 nitrogen and oxygen atoms in total. The van der Waals surface area contributed by atoms with Crippen molar-refractivity contribution >= 4 is 23.3 Å². The first-order chi connectivity index (χ1) is 7.09. The monoisotopic (exact) mass is 229 g/mol. The number of rotatable bonds is 1. The molecule has 1 heterocycles. The van der Waals surface area contributed by atoms with Gasteiger partial charge >= 0.3 is 5.97 Å². The van der Waals surface area contributed by atoms with Gasteiger partial charge in [-0.25, -0.2) is 4.79 Å². The van der Waals surface area contributed by atoms with Gasteiger partial charge in [-0.3, -0.25) is 0 Å². The molecular weight excluding hydrogens is 222 g/mol. The van der Waals surface area contributed by atoms with Crippen LogP contribution in [0.15, 0.2) is 12.1 Å². The second-order valence-corrected chi connectivity index (χ2v) is 3.45. The molecule has 0 saturated carbocycles. The molecule has 1 aromatic carbocycles. The number of nitrogen functional groups attached to an aromatic ring is 1. The summed E-state index contributed by atoms with van der Waals surface area (Å²) in [5.74, 6) is -0.490. The highest BCUT2D eigenvalue weighted by atomic mass is 35.5. The third-order valence-corrected chi connectivity index (χ3v) is 2.36. The lowest BCUT2D eigenvalue weighted by Gasteiger charge is -2.24. The molecule has 0 amide bonds. The van der Waals surface area contributed by atoms with Gasteiger partial charge in [0.25, 0.3) is 0 Å². The number of aliphatic carboxylic acids is 1. The summed E-state index contributed by atoms with van der Waals surface area (Å²) < 4.78 is 10.4. The van der Waals surface area contributed by atoms with Gasteiger partial charge in [0.1, 0.15) is 6.61 Å². The maximum absolute atomic E-state index is 10.7. The number of carbonyl (C=O) groups is 1. The second kappa shape index (κ2) is 3.51. The summed E-state index contributed by atoms with van der Waals surface area (Å²) in [6.45, 7) is -0.0383. The van der Waals surface area contributed by atoms with Crippen LogP contribution in [0.3, 0.4) is 0 Å². The summed E-state index contributed by atoms with van der Waals surface area (Å²) in [6, 6.07) is 3.16. The summed E-state index contributed by atoms with van der Waals surface area (Å²) in [5, 5.41) is 9.05. The van der Waals surface area contributed by atoms with Crippen LogP contribution < -0.4 is 15.2 Å². The van der Waals surface area contributed by atoms with Crippen LogP contribution in [0.25, 0.3) is 0 Å². The van der Waals surface area contributed by atoms with E-state index in [1.165, 1.54) is 0 Å². The number of halogens is 1. The molecule has 0 fully saturated rings. The number of fused-ring (bicyclic) bond motifs is 1. The molecule has 80 valence electrons. The molecule has 6 heteroatoms. The number of hydrogen-bond donors (Lipinski definition) is 2. The van der Waals surface area contributed by atoms with Gasteiger partial charge in [-0.2, -0.15) is 0 Å². The van der Waals surface area contributed by atoms with Gasteiger partial charge in [0.15, 0.2) is 11.5 Å². The SMILES string of the molecule is Nc1c(Cl)ccc2c1OC(C(=O)O)CO2. The Morgan fingerprint density at radius 2 is 2.33 bits per heavy atom. The maximum atomic E-state index is 10.7. The van der Waals surface area contributed by atoms with Crippen LogP contribution in [0.4, 0.5) is 5.69 Å². The van der Waals surface area contributed by atoms with Gasteiger partial charge in [-0.1, -0.05) is 11.6 Å². The minimum Gasteiger partial charge on any atom is -0.485 e. The van der Waals surface area contributed by atoms with Crippen LogP contribution in [-0.2, 0) is 4.79 Å². The average Bonchev–Trinajstić information content (AvgIpc) is 2.23. The first kappa shape index (κ1) is 9.92. The predicted molar refractivity (Wildman–Crippen MR) is 53.4 cm³/mol. The highest BCUT2D eigenvalue weighted by Gasteiger charge is 2.29. The molecule has 3 N–H and O–H groups in total. The molecule has 0 spiro atoms. The van der Waals surface area contributed by atoms with E-state index in [0.717, 1.165) is 0 Å². The number of carboxylic acids is 1. The van der Waals surface area contributed by atoms with Crippen molar-refractivity contribution in [3.05, 3.63) is 17.2 Å². The van der Waals surface area contributed by atoms with E-state index in [1.54, 1.807) is 12.1 Å². The number of nitrogens with two attached hydrogens (primary N) is 1. The first-order valence-corrected chi connectivity index (χ1v) is 4.57. The summed E-state index contributed by atoms with van der Waals surface area (Å²) in [4.78, 5) is 10.7. The Kier molecular flexibility index (Phi) is 2.32. The highest BCUT2D eigenvalue weighted by Crippen LogP contribution is 2.41. The van der Waals surface area contributed by atoms with Crippen LogP contribution in [0.2, 0.25) is 5.02 Å². The van der Waals surface area contributed by atoms with Crippen LogP contribution >= 0.6 is 11.6 Å². The molecule has 2 rings (SSSR count). The number of ether oxygens (including phenoxy) is 2. The highest BCUT2D eigenvalue weighted by molar-refractivity contribution is 6.33. The van der Waals surface area contributed by atoms with E-state index in [9.17, 15) is 4.79 Å².